The van der Waals surface area contributed by atoms with Crippen molar-refractivity contribution in [3.05, 3.63) is 12.2 Å². The number of unbranched alkanes of at least 4 members (excludes halogenated alkanes) is 12. The van der Waals surface area contributed by atoms with E-state index in [1.165, 1.54) is 89.7 Å². The summed E-state index contributed by atoms with van der Waals surface area (Å²) < 4.78 is 0. The summed E-state index contributed by atoms with van der Waals surface area (Å²) in [5.74, 6) is 0. The van der Waals surface area contributed by atoms with Crippen LogP contribution < -0.4 is 0 Å². The van der Waals surface area contributed by atoms with Crippen molar-refractivity contribution in [2.45, 2.75) is 96.8 Å². The minimum atomic E-state index is 0.970. The fraction of sp³-hybridized carbons (Fsp3) is 0.833. The second kappa shape index (κ2) is 17.4. The zero-order chi connectivity index (χ0) is 14.0. The Kier molecular flexibility index (Phi) is 16.9. The SMILES string of the molecule is CCCCCCCC/C=C\CCCCCCCC=N. The van der Waals surface area contributed by atoms with Crippen LogP contribution in [0, 0.1) is 5.41 Å². The molecule has 0 aliphatic heterocycles. The lowest BCUT2D eigenvalue weighted by Crippen LogP contribution is -1.80. The Morgan fingerprint density at radius 2 is 1.00 bits per heavy atom. The van der Waals surface area contributed by atoms with E-state index in [1.54, 1.807) is 0 Å². The predicted octanol–water partition coefficient (Wildman–Crippen LogP) is 6.67. The van der Waals surface area contributed by atoms with E-state index in [4.69, 9.17) is 5.41 Å². The van der Waals surface area contributed by atoms with E-state index >= 15 is 0 Å². The first-order chi connectivity index (χ1) is 9.41. The van der Waals surface area contributed by atoms with E-state index in [2.05, 4.69) is 19.1 Å². The first-order valence-corrected chi connectivity index (χ1v) is 8.55. The Morgan fingerprint density at radius 1 is 0.579 bits per heavy atom. The molecule has 0 bridgehead atoms. The quantitative estimate of drug-likeness (QED) is 0.194. The maximum Gasteiger partial charge on any atom is -0.00477 e. The molecule has 0 amide bonds. The smallest absolute Gasteiger partial charge is 0.00477 e. The molecule has 19 heavy (non-hydrogen) atoms. The zero-order valence-electron chi connectivity index (χ0n) is 13.1. The Morgan fingerprint density at radius 3 is 1.47 bits per heavy atom. The first kappa shape index (κ1) is 18.4. The maximum atomic E-state index is 6.94. The van der Waals surface area contributed by atoms with Gasteiger partial charge in [0, 0.05) is 0 Å². The van der Waals surface area contributed by atoms with Crippen molar-refractivity contribution in [1.82, 2.24) is 0 Å². The molecule has 0 rings (SSSR count). The average molecular weight is 265 g/mol. The van der Waals surface area contributed by atoms with Crippen LogP contribution in [0.25, 0.3) is 0 Å². The van der Waals surface area contributed by atoms with E-state index < -0.39 is 0 Å². The summed E-state index contributed by atoms with van der Waals surface area (Å²) in [4.78, 5) is 0. The van der Waals surface area contributed by atoms with Crippen molar-refractivity contribution in [2.24, 2.45) is 0 Å². The van der Waals surface area contributed by atoms with Crippen LogP contribution in [0.3, 0.4) is 0 Å². The molecular formula is C18H35N. The summed E-state index contributed by atoms with van der Waals surface area (Å²) in [5.41, 5.74) is 0. The van der Waals surface area contributed by atoms with Crippen molar-refractivity contribution in [2.75, 3.05) is 0 Å². The second-order valence-electron chi connectivity index (χ2n) is 5.58. The predicted molar refractivity (Wildman–Crippen MR) is 88.2 cm³/mol. The fourth-order valence-corrected chi connectivity index (χ4v) is 2.32. The molecule has 0 fully saturated rings. The molecular weight excluding hydrogens is 230 g/mol. The van der Waals surface area contributed by atoms with Gasteiger partial charge in [0.05, 0.1) is 0 Å². The van der Waals surface area contributed by atoms with Gasteiger partial charge in [-0.15, -0.1) is 0 Å². The monoisotopic (exact) mass is 265 g/mol. The average Bonchev–Trinajstić information content (AvgIpc) is 2.43. The topological polar surface area (TPSA) is 23.9 Å². The van der Waals surface area contributed by atoms with Crippen LogP contribution in [-0.4, -0.2) is 6.21 Å². The maximum absolute atomic E-state index is 6.94. The van der Waals surface area contributed by atoms with Crippen LogP contribution in [0.15, 0.2) is 12.2 Å². The minimum absolute atomic E-state index is 0.970. The van der Waals surface area contributed by atoms with Gasteiger partial charge < -0.3 is 5.41 Å². The molecule has 112 valence electrons. The first-order valence-electron chi connectivity index (χ1n) is 8.55. The van der Waals surface area contributed by atoms with Crippen molar-refractivity contribution in [1.29, 1.82) is 5.41 Å². The molecule has 0 aliphatic rings. The number of allylic oxidation sites excluding steroid dienone is 2. The van der Waals surface area contributed by atoms with Gasteiger partial charge in [-0.05, 0) is 44.7 Å². The van der Waals surface area contributed by atoms with Gasteiger partial charge in [0.1, 0.15) is 0 Å². The third-order valence-electron chi connectivity index (χ3n) is 3.61. The van der Waals surface area contributed by atoms with Gasteiger partial charge in [0.2, 0.25) is 0 Å². The van der Waals surface area contributed by atoms with Gasteiger partial charge in [-0.25, -0.2) is 0 Å². The van der Waals surface area contributed by atoms with E-state index in [0.717, 1.165) is 6.42 Å². The Bertz CT molecular complexity index is 196. The number of nitrogens with one attached hydrogen (secondary N) is 1. The molecule has 0 unspecified atom stereocenters. The number of hydrogen-bond acceptors (Lipinski definition) is 1. The summed E-state index contributed by atoms with van der Waals surface area (Å²) in [6, 6.07) is 0. The molecule has 0 saturated heterocycles. The standard InChI is InChI=1S/C18H35N/c1-2-3-4-5-6-7-8-9-10-11-12-13-14-15-16-17-18-19/h9-10,18-19H,2-8,11-17H2,1H3/b10-9-,19-18?. The summed E-state index contributed by atoms with van der Waals surface area (Å²) in [5, 5.41) is 6.94. The van der Waals surface area contributed by atoms with Gasteiger partial charge in [-0.1, -0.05) is 70.4 Å². The fourth-order valence-electron chi connectivity index (χ4n) is 2.32. The molecule has 0 aliphatic carbocycles. The van der Waals surface area contributed by atoms with Crippen molar-refractivity contribution >= 4 is 6.21 Å². The molecule has 0 atom stereocenters. The van der Waals surface area contributed by atoms with Crippen LogP contribution >= 0.6 is 0 Å². The largest absolute Gasteiger partial charge is 0.313 e. The van der Waals surface area contributed by atoms with E-state index in [0.29, 0.717) is 0 Å². The van der Waals surface area contributed by atoms with Crippen LogP contribution in [0.2, 0.25) is 0 Å². The summed E-state index contributed by atoms with van der Waals surface area (Å²) >= 11 is 0. The molecule has 0 heterocycles. The highest BCUT2D eigenvalue weighted by molar-refractivity contribution is 5.52. The van der Waals surface area contributed by atoms with Gasteiger partial charge in [0.25, 0.3) is 0 Å². The normalized spacial score (nSPS) is 11.2. The van der Waals surface area contributed by atoms with Gasteiger partial charge in [-0.3, -0.25) is 0 Å². The van der Waals surface area contributed by atoms with Gasteiger partial charge >= 0.3 is 0 Å². The van der Waals surface area contributed by atoms with Crippen LogP contribution in [0.4, 0.5) is 0 Å². The summed E-state index contributed by atoms with van der Waals surface area (Å²) in [6.45, 7) is 2.27. The lowest BCUT2D eigenvalue weighted by molar-refractivity contribution is 0.610. The van der Waals surface area contributed by atoms with Gasteiger partial charge in [0.15, 0.2) is 0 Å². The van der Waals surface area contributed by atoms with E-state index in [1.807, 2.05) is 0 Å². The lowest BCUT2D eigenvalue weighted by Gasteiger charge is -1.99. The molecule has 1 heteroatoms. The van der Waals surface area contributed by atoms with Crippen molar-refractivity contribution in [3.63, 3.8) is 0 Å². The van der Waals surface area contributed by atoms with Crippen LogP contribution in [0.1, 0.15) is 96.8 Å². The molecule has 0 saturated carbocycles. The van der Waals surface area contributed by atoms with E-state index in [9.17, 15) is 0 Å². The highest BCUT2D eigenvalue weighted by Gasteiger charge is 1.90. The zero-order valence-corrected chi connectivity index (χ0v) is 13.1. The Balaban J connectivity index is 3.03. The summed E-state index contributed by atoms with van der Waals surface area (Å²) in [6.07, 6.45) is 24.8. The van der Waals surface area contributed by atoms with Gasteiger partial charge in [-0.2, -0.15) is 0 Å². The summed E-state index contributed by atoms with van der Waals surface area (Å²) in [7, 11) is 0. The van der Waals surface area contributed by atoms with E-state index in [-0.39, 0.29) is 0 Å². The highest BCUT2D eigenvalue weighted by Crippen LogP contribution is 2.09. The Hall–Kier alpha value is -0.590. The van der Waals surface area contributed by atoms with Crippen molar-refractivity contribution < 1.29 is 0 Å². The second-order valence-corrected chi connectivity index (χ2v) is 5.58. The lowest BCUT2D eigenvalue weighted by atomic mass is 10.1. The third-order valence-corrected chi connectivity index (χ3v) is 3.61. The number of rotatable bonds is 15. The third kappa shape index (κ3) is 17.4. The van der Waals surface area contributed by atoms with Crippen LogP contribution in [0.5, 0.6) is 0 Å². The Labute approximate surface area is 121 Å². The minimum Gasteiger partial charge on any atom is -0.313 e. The van der Waals surface area contributed by atoms with Crippen LogP contribution in [-0.2, 0) is 0 Å². The highest BCUT2D eigenvalue weighted by atomic mass is 14.3. The van der Waals surface area contributed by atoms with Crippen molar-refractivity contribution in [3.8, 4) is 0 Å². The molecule has 0 aromatic rings. The molecule has 0 radical (unpaired) electrons. The molecule has 1 nitrogen and oxygen atoms in total. The molecule has 0 spiro atoms. The molecule has 0 aromatic carbocycles. The molecule has 1 N–H and O–H groups in total. The molecule has 0 aromatic heterocycles. The number of hydrogen-bond donors (Lipinski definition) is 1.